The zero-order chi connectivity index (χ0) is 9.97. The van der Waals surface area contributed by atoms with Crippen LogP contribution >= 0.6 is 15.9 Å². The third-order valence-electron chi connectivity index (χ3n) is 2.83. The summed E-state index contributed by atoms with van der Waals surface area (Å²) in [6.07, 6.45) is 4.91. The van der Waals surface area contributed by atoms with E-state index in [0.717, 1.165) is 10.9 Å². The van der Waals surface area contributed by atoms with E-state index >= 15 is 0 Å². The van der Waals surface area contributed by atoms with Gasteiger partial charge in [-0.3, -0.25) is 0 Å². The smallest absolute Gasteiger partial charge is 0.241 e. The van der Waals surface area contributed by atoms with E-state index in [1.807, 2.05) is 0 Å². The van der Waals surface area contributed by atoms with Gasteiger partial charge in [0.1, 0.15) is 0 Å². The summed E-state index contributed by atoms with van der Waals surface area (Å²) in [6, 6.07) is 4.29. The van der Waals surface area contributed by atoms with Crippen LogP contribution in [0.3, 0.4) is 0 Å². The van der Waals surface area contributed by atoms with Crippen molar-refractivity contribution in [1.29, 1.82) is 0 Å². The second-order valence-electron chi connectivity index (χ2n) is 3.69. The maximum Gasteiger partial charge on any atom is 0.241 e. The summed E-state index contributed by atoms with van der Waals surface area (Å²) in [6.45, 7) is 7.48. The summed E-state index contributed by atoms with van der Waals surface area (Å²) < 4.78 is 1.11. The minimum atomic E-state index is 0.518. The van der Waals surface area contributed by atoms with Crippen LogP contribution in [0.2, 0.25) is 0 Å². The third-order valence-corrected chi connectivity index (χ3v) is 3.57. The summed E-state index contributed by atoms with van der Waals surface area (Å²) in [5.74, 6) is 0. The minimum Gasteiger partial charge on any atom is -0.312 e. The molecule has 1 aliphatic rings. The van der Waals surface area contributed by atoms with Crippen molar-refractivity contribution >= 4 is 15.9 Å². The van der Waals surface area contributed by atoms with E-state index in [4.69, 9.17) is 6.57 Å². The molecule has 0 saturated carbocycles. The van der Waals surface area contributed by atoms with Gasteiger partial charge >= 0.3 is 0 Å². The molecule has 0 aromatic heterocycles. The second kappa shape index (κ2) is 4.14. The molecule has 0 saturated heterocycles. The summed E-state index contributed by atoms with van der Waals surface area (Å²) in [7, 11) is 0. The number of hydrogen-bond acceptors (Lipinski definition) is 0. The SMILES string of the molecule is [C-]#[N+]Cc1c(Br)ccc2c1CCCC2. The lowest BCUT2D eigenvalue weighted by Crippen LogP contribution is -2.06. The number of halogens is 1. The van der Waals surface area contributed by atoms with Crippen LogP contribution in [0.25, 0.3) is 4.85 Å². The van der Waals surface area contributed by atoms with Gasteiger partial charge in [-0.05, 0) is 42.9 Å². The molecule has 0 bridgehead atoms. The molecule has 2 rings (SSSR count). The lowest BCUT2D eigenvalue weighted by Gasteiger charge is -2.18. The fourth-order valence-corrected chi connectivity index (χ4v) is 2.62. The Balaban J connectivity index is 2.50. The Bertz CT molecular complexity index is 390. The van der Waals surface area contributed by atoms with E-state index in [-0.39, 0.29) is 0 Å². The van der Waals surface area contributed by atoms with E-state index in [2.05, 4.69) is 32.9 Å². The number of rotatable bonds is 1. The van der Waals surface area contributed by atoms with Crippen LogP contribution in [0.5, 0.6) is 0 Å². The molecule has 0 spiro atoms. The largest absolute Gasteiger partial charge is 0.312 e. The summed E-state index contributed by atoms with van der Waals surface area (Å²) in [5.41, 5.74) is 4.11. The van der Waals surface area contributed by atoms with E-state index in [1.165, 1.54) is 36.0 Å². The Hall–Kier alpha value is -0.810. The predicted octanol–water partition coefficient (Wildman–Crippen LogP) is 3.75. The van der Waals surface area contributed by atoms with Gasteiger partial charge in [-0.25, -0.2) is 6.57 Å². The molecule has 0 atom stereocenters. The highest BCUT2D eigenvalue weighted by molar-refractivity contribution is 9.10. The van der Waals surface area contributed by atoms with Gasteiger partial charge < -0.3 is 4.85 Å². The fraction of sp³-hybridized carbons (Fsp3) is 0.417. The first-order valence-corrected chi connectivity index (χ1v) is 5.74. The average Bonchev–Trinajstić information content (AvgIpc) is 2.23. The van der Waals surface area contributed by atoms with Crippen molar-refractivity contribution in [3.8, 4) is 0 Å². The van der Waals surface area contributed by atoms with Crippen LogP contribution < -0.4 is 0 Å². The summed E-state index contributed by atoms with van der Waals surface area (Å²) >= 11 is 3.53. The Morgan fingerprint density at radius 3 is 2.86 bits per heavy atom. The molecule has 0 fully saturated rings. The lowest BCUT2D eigenvalue weighted by atomic mass is 9.88. The standard InChI is InChI=1S/C12H12BrN/c1-14-8-11-10-5-3-2-4-9(10)6-7-12(11)13/h6-7H,2-5,8H2. The topological polar surface area (TPSA) is 4.36 Å². The first kappa shape index (κ1) is 9.73. The number of aryl methyl sites for hydroxylation is 1. The van der Waals surface area contributed by atoms with E-state index in [0.29, 0.717) is 6.54 Å². The minimum absolute atomic E-state index is 0.518. The zero-order valence-corrected chi connectivity index (χ0v) is 9.60. The van der Waals surface area contributed by atoms with Crippen molar-refractivity contribution in [2.75, 3.05) is 0 Å². The lowest BCUT2D eigenvalue weighted by molar-refractivity contribution is 0.679. The van der Waals surface area contributed by atoms with Crippen molar-refractivity contribution in [3.05, 3.63) is 44.7 Å². The van der Waals surface area contributed by atoms with E-state index in [1.54, 1.807) is 0 Å². The quantitative estimate of drug-likeness (QED) is 0.668. The molecule has 1 nitrogen and oxygen atoms in total. The van der Waals surface area contributed by atoms with Crippen LogP contribution in [-0.4, -0.2) is 0 Å². The van der Waals surface area contributed by atoms with Crippen LogP contribution in [0.4, 0.5) is 0 Å². The zero-order valence-electron chi connectivity index (χ0n) is 8.02. The highest BCUT2D eigenvalue weighted by atomic mass is 79.9. The number of hydrogen-bond donors (Lipinski definition) is 0. The van der Waals surface area contributed by atoms with Gasteiger partial charge in [-0.2, -0.15) is 0 Å². The van der Waals surface area contributed by atoms with E-state index in [9.17, 15) is 0 Å². The molecule has 2 heteroatoms. The highest BCUT2D eigenvalue weighted by Gasteiger charge is 2.16. The number of nitrogens with zero attached hydrogens (tertiary/aromatic N) is 1. The Morgan fingerprint density at radius 2 is 2.07 bits per heavy atom. The summed E-state index contributed by atoms with van der Waals surface area (Å²) in [4.78, 5) is 3.49. The van der Waals surface area contributed by atoms with Gasteiger partial charge in [0.05, 0.1) is 0 Å². The molecule has 1 aromatic carbocycles. The fourth-order valence-electron chi connectivity index (χ4n) is 2.13. The van der Waals surface area contributed by atoms with Gasteiger partial charge in [-0.1, -0.05) is 22.0 Å². The molecule has 14 heavy (non-hydrogen) atoms. The second-order valence-corrected chi connectivity index (χ2v) is 4.54. The molecule has 0 N–H and O–H groups in total. The normalized spacial score (nSPS) is 14.6. The predicted molar refractivity (Wildman–Crippen MR) is 61.1 cm³/mol. The number of benzene rings is 1. The third kappa shape index (κ3) is 1.69. The van der Waals surface area contributed by atoms with Gasteiger partial charge in [0.15, 0.2) is 0 Å². The maximum absolute atomic E-state index is 6.96. The molecule has 1 aliphatic carbocycles. The van der Waals surface area contributed by atoms with Crippen LogP contribution in [0.15, 0.2) is 16.6 Å². The molecule has 1 aromatic rings. The van der Waals surface area contributed by atoms with Crippen LogP contribution in [0.1, 0.15) is 29.5 Å². The van der Waals surface area contributed by atoms with Gasteiger partial charge in [0.25, 0.3) is 0 Å². The number of fused-ring (bicyclic) bond motifs is 1. The van der Waals surface area contributed by atoms with Crippen molar-refractivity contribution in [1.82, 2.24) is 0 Å². The van der Waals surface area contributed by atoms with Gasteiger partial charge in [0, 0.05) is 10.0 Å². The Labute approximate surface area is 93.1 Å². The summed E-state index contributed by atoms with van der Waals surface area (Å²) in [5, 5.41) is 0. The van der Waals surface area contributed by atoms with E-state index < -0.39 is 0 Å². The monoisotopic (exact) mass is 249 g/mol. The molecule has 0 amide bonds. The highest BCUT2D eigenvalue weighted by Crippen LogP contribution is 2.30. The van der Waals surface area contributed by atoms with Crippen molar-refractivity contribution in [3.63, 3.8) is 0 Å². The van der Waals surface area contributed by atoms with Gasteiger partial charge in [-0.15, -0.1) is 0 Å². The van der Waals surface area contributed by atoms with Crippen LogP contribution in [-0.2, 0) is 19.4 Å². The molecular weight excluding hydrogens is 238 g/mol. The first-order chi connectivity index (χ1) is 6.83. The molecule has 0 radical (unpaired) electrons. The Kier molecular flexibility index (Phi) is 2.88. The van der Waals surface area contributed by atoms with Crippen molar-refractivity contribution in [2.45, 2.75) is 32.2 Å². The Morgan fingerprint density at radius 1 is 1.29 bits per heavy atom. The van der Waals surface area contributed by atoms with Gasteiger partial charge in [0.2, 0.25) is 6.54 Å². The molecule has 72 valence electrons. The maximum atomic E-state index is 6.96. The van der Waals surface area contributed by atoms with Crippen molar-refractivity contribution < 1.29 is 0 Å². The average molecular weight is 250 g/mol. The first-order valence-electron chi connectivity index (χ1n) is 4.95. The van der Waals surface area contributed by atoms with Crippen molar-refractivity contribution in [2.24, 2.45) is 0 Å². The molecular formula is C12H12BrN. The molecule has 0 heterocycles. The molecule has 0 unspecified atom stereocenters. The van der Waals surface area contributed by atoms with Crippen LogP contribution in [0, 0.1) is 6.57 Å². The molecule has 0 aliphatic heterocycles.